The first-order chi connectivity index (χ1) is 5.77. The van der Waals surface area contributed by atoms with E-state index in [1.807, 2.05) is 18.2 Å². The number of anilines is 1. The van der Waals surface area contributed by atoms with Gasteiger partial charge in [-0.3, -0.25) is 0 Å². The summed E-state index contributed by atoms with van der Waals surface area (Å²) < 4.78 is 1.03. The highest BCUT2D eigenvalue weighted by molar-refractivity contribution is 14.2. The predicted octanol–water partition coefficient (Wildman–Crippen LogP) is 3.80. The molecule has 2 nitrogen and oxygen atoms in total. The molecule has 12 heavy (non-hydrogen) atoms. The van der Waals surface area contributed by atoms with Crippen molar-refractivity contribution in [1.29, 1.82) is 5.41 Å². The van der Waals surface area contributed by atoms with Gasteiger partial charge in [0.2, 0.25) is 0 Å². The molecule has 0 bridgehead atoms. The number of nitrogens with one attached hydrogen (secondary N) is 2. The fraction of sp³-hybridized carbons (Fsp3) is 0. The minimum absolute atomic E-state index is 0.627. The van der Waals surface area contributed by atoms with E-state index in [9.17, 15) is 0 Å². The topological polar surface area (TPSA) is 35.9 Å². The molecule has 0 saturated carbocycles. The van der Waals surface area contributed by atoms with E-state index in [2.05, 4.69) is 43.1 Å². The average Bonchev–Trinajstić information content (AvgIpc) is 2.05. The molecular weight excluding hydrogens is 350 g/mol. The van der Waals surface area contributed by atoms with Crippen molar-refractivity contribution in [2.24, 2.45) is 0 Å². The minimum atomic E-state index is 0.627. The van der Waals surface area contributed by atoms with Gasteiger partial charge in [-0.1, -0.05) is 22.0 Å². The molecule has 1 rings (SSSR count). The predicted molar refractivity (Wildman–Crippen MR) is 68.0 cm³/mol. The molecule has 0 aliphatic heterocycles. The van der Waals surface area contributed by atoms with Crippen molar-refractivity contribution in [3.05, 3.63) is 28.2 Å². The molecule has 0 heterocycles. The van der Waals surface area contributed by atoms with E-state index in [1.165, 1.54) is 6.21 Å². The van der Waals surface area contributed by atoms with Gasteiger partial charge in [0.1, 0.15) is 0 Å². The summed E-state index contributed by atoms with van der Waals surface area (Å²) in [5, 5.41) is 10.4. The molecule has 0 fully saturated rings. The van der Waals surface area contributed by atoms with E-state index in [-0.39, 0.29) is 0 Å². The fourth-order valence-corrected chi connectivity index (χ4v) is 2.36. The number of benzene rings is 1. The Morgan fingerprint density at radius 1 is 1.58 bits per heavy atom. The first-order valence-electron chi connectivity index (χ1n) is 3.19. The lowest BCUT2D eigenvalue weighted by Crippen LogP contribution is -1.89. The van der Waals surface area contributed by atoms with Crippen LogP contribution in [-0.2, 0) is 0 Å². The van der Waals surface area contributed by atoms with Crippen LogP contribution in [0.4, 0.5) is 5.69 Å². The molecule has 0 aromatic heterocycles. The molecule has 0 radical (unpaired) electrons. The van der Waals surface area contributed by atoms with Gasteiger partial charge >= 0.3 is 0 Å². The fourth-order valence-electron chi connectivity index (χ4n) is 0.814. The third-order valence-corrected chi connectivity index (χ3v) is 3.02. The summed E-state index contributed by atoms with van der Waals surface area (Å²) in [4.78, 5) is 0. The van der Waals surface area contributed by atoms with E-state index < -0.39 is 0 Å². The van der Waals surface area contributed by atoms with Crippen molar-refractivity contribution in [3.8, 4) is 0 Å². The van der Waals surface area contributed by atoms with Gasteiger partial charge in [-0.15, -0.1) is 0 Å². The second-order valence-corrected chi connectivity index (χ2v) is 5.07. The van der Waals surface area contributed by atoms with Gasteiger partial charge in [0.05, 0.1) is 0 Å². The maximum atomic E-state index is 7.15. The first kappa shape index (κ1) is 10.4. The smallest absolute Gasteiger partial charge is 0.0476 e. The minimum Gasteiger partial charge on any atom is -0.358 e. The summed E-state index contributed by atoms with van der Waals surface area (Å²) in [5.74, 6) is 0. The van der Waals surface area contributed by atoms with E-state index in [0.29, 0.717) is 6.37 Å². The number of hydrogen-bond acceptors (Lipinski definition) is 2. The first-order valence-corrected chi connectivity index (χ1v) is 8.10. The van der Waals surface area contributed by atoms with Crippen LogP contribution in [0.25, 0.3) is 0 Å². The molecule has 0 aliphatic carbocycles. The van der Waals surface area contributed by atoms with Crippen LogP contribution < -0.4 is 5.09 Å². The quantitative estimate of drug-likeness (QED) is 0.482. The molecule has 2 N–H and O–H groups in total. The molecule has 0 aliphatic rings. The monoisotopic (exact) mass is 356 g/mol. The second kappa shape index (κ2) is 5.14. The summed E-state index contributed by atoms with van der Waals surface area (Å²) in [6, 6.07) is 5.82. The van der Waals surface area contributed by atoms with Crippen LogP contribution in [0.15, 0.2) is 22.7 Å². The number of hydrogen-bond donors (Lipinski definition) is 2. The van der Waals surface area contributed by atoms with Gasteiger partial charge in [0, 0.05) is 28.3 Å². The van der Waals surface area contributed by atoms with Gasteiger partial charge in [-0.05, 0) is 34.2 Å². The number of halogens is 2. The summed E-state index contributed by atoms with van der Waals surface area (Å²) in [6.07, 6.45) is 1.98. The van der Waals surface area contributed by atoms with Crippen molar-refractivity contribution >= 4 is 56.2 Å². The number of rotatable bonds is 3. The maximum absolute atomic E-state index is 7.15. The van der Waals surface area contributed by atoms with Crippen molar-refractivity contribution in [2.45, 2.75) is 0 Å². The lowest BCUT2D eigenvalue weighted by molar-refractivity contribution is 1.53. The zero-order valence-corrected chi connectivity index (χ0v) is 10.8. The highest BCUT2D eigenvalue weighted by Gasteiger charge is 1.98. The van der Waals surface area contributed by atoms with Crippen molar-refractivity contribution < 1.29 is 0 Å². The Morgan fingerprint density at radius 2 is 2.33 bits per heavy atom. The molecule has 64 valence electrons. The zero-order chi connectivity index (χ0) is 8.97. The van der Waals surface area contributed by atoms with Crippen LogP contribution >= 0.6 is 44.3 Å². The van der Waals surface area contributed by atoms with Crippen LogP contribution in [0.1, 0.15) is 5.56 Å². The Morgan fingerprint density at radius 3 is 2.92 bits per heavy atom. The van der Waals surface area contributed by atoms with E-state index in [0.717, 1.165) is 15.7 Å². The molecule has 0 spiro atoms. The third-order valence-electron chi connectivity index (χ3n) is 1.35. The highest BCUT2D eigenvalue weighted by Crippen LogP contribution is 2.28. The molecule has 0 saturated heterocycles. The Kier molecular flexibility index (Phi) is 4.46. The normalized spacial score (nSPS) is 10.5. The zero-order valence-electron chi connectivity index (χ0n) is 6.07. The van der Waals surface area contributed by atoms with Crippen LogP contribution in [0.2, 0.25) is 0 Å². The van der Waals surface area contributed by atoms with Gasteiger partial charge in [0.15, 0.2) is 0 Å². The van der Waals surface area contributed by atoms with Gasteiger partial charge < -0.3 is 10.5 Å². The van der Waals surface area contributed by atoms with Crippen molar-refractivity contribution in [3.63, 3.8) is 0 Å². The van der Waals surface area contributed by atoms with Crippen LogP contribution in [0, 0.1) is 5.41 Å². The van der Waals surface area contributed by atoms with Crippen LogP contribution in [0.5, 0.6) is 0 Å². The second-order valence-electron chi connectivity index (χ2n) is 2.10. The standard InChI is InChI=1S/C7H7BrIN2P/c8-6-2-1-5(4-10)7(3-6)11-12-9/h1-4,10-12H. The third kappa shape index (κ3) is 2.68. The molecule has 1 aromatic rings. The lowest BCUT2D eigenvalue weighted by atomic mass is 10.2. The molecule has 0 amide bonds. The van der Waals surface area contributed by atoms with Crippen LogP contribution in [-0.4, -0.2) is 6.21 Å². The molecular formula is C7H7BrIN2P. The summed E-state index contributed by atoms with van der Waals surface area (Å²) in [5.41, 5.74) is 1.93. The largest absolute Gasteiger partial charge is 0.358 e. The van der Waals surface area contributed by atoms with Gasteiger partial charge in [0.25, 0.3) is 0 Å². The van der Waals surface area contributed by atoms with Crippen molar-refractivity contribution in [2.75, 3.05) is 5.09 Å². The summed E-state index contributed by atoms with van der Waals surface area (Å²) in [6.45, 7) is 0. The lowest BCUT2D eigenvalue weighted by Gasteiger charge is -2.05. The van der Waals surface area contributed by atoms with E-state index in [1.54, 1.807) is 0 Å². The Balaban J connectivity index is 3.03. The van der Waals surface area contributed by atoms with Crippen molar-refractivity contribution in [1.82, 2.24) is 0 Å². The summed E-state index contributed by atoms with van der Waals surface area (Å²) >= 11 is 5.64. The summed E-state index contributed by atoms with van der Waals surface area (Å²) in [7, 11) is 0. The molecule has 5 heteroatoms. The molecule has 1 atom stereocenters. The average molecular weight is 357 g/mol. The van der Waals surface area contributed by atoms with Crippen LogP contribution in [0.3, 0.4) is 0 Å². The van der Waals surface area contributed by atoms with Gasteiger partial charge in [-0.2, -0.15) is 0 Å². The van der Waals surface area contributed by atoms with E-state index >= 15 is 0 Å². The Bertz CT molecular complexity index is 293. The molecule has 1 aromatic carbocycles. The van der Waals surface area contributed by atoms with Gasteiger partial charge in [-0.25, -0.2) is 0 Å². The maximum Gasteiger partial charge on any atom is 0.0476 e. The Labute approximate surface area is 94.5 Å². The Hall–Kier alpha value is 0.330. The highest BCUT2D eigenvalue weighted by atomic mass is 127. The molecule has 1 unspecified atom stereocenters. The SMILES string of the molecule is N=Cc1ccc(Br)cc1NPI. The van der Waals surface area contributed by atoms with E-state index in [4.69, 9.17) is 5.41 Å².